The van der Waals surface area contributed by atoms with Crippen LogP contribution >= 0.6 is 0 Å². The zero-order valence-electron chi connectivity index (χ0n) is 11.2. The van der Waals surface area contributed by atoms with Crippen LogP contribution in [0.3, 0.4) is 0 Å². The number of aryl methyl sites for hydroxylation is 1. The van der Waals surface area contributed by atoms with Gasteiger partial charge < -0.3 is 4.74 Å². The first kappa shape index (κ1) is 14.6. The highest BCUT2D eigenvalue weighted by Gasteiger charge is 2.35. The molecule has 104 valence electrons. The second-order valence-electron chi connectivity index (χ2n) is 4.56. The lowest BCUT2D eigenvalue weighted by Crippen LogP contribution is -2.32. The zero-order chi connectivity index (χ0) is 14.9. The van der Waals surface area contributed by atoms with Crippen LogP contribution in [0.5, 0.6) is 0 Å². The molecule has 0 bridgehead atoms. The van der Waals surface area contributed by atoms with E-state index in [4.69, 9.17) is 7.85 Å². The van der Waals surface area contributed by atoms with Crippen molar-refractivity contribution in [2.75, 3.05) is 13.7 Å². The molecule has 0 aromatic heterocycles. The molecule has 0 N–H and O–H groups in total. The van der Waals surface area contributed by atoms with Gasteiger partial charge in [-0.15, -0.1) is 0 Å². The van der Waals surface area contributed by atoms with Gasteiger partial charge in [-0.05, 0) is 24.9 Å². The molecule has 0 amide bonds. The third-order valence-electron chi connectivity index (χ3n) is 3.02. The summed E-state index contributed by atoms with van der Waals surface area (Å²) < 4.78 is 30.7. The highest BCUT2D eigenvalue weighted by atomic mass is 32.2. The number of methoxy groups -OCH3 is 1. The van der Waals surface area contributed by atoms with Crippen molar-refractivity contribution in [3.63, 3.8) is 0 Å². The van der Waals surface area contributed by atoms with Crippen LogP contribution < -0.4 is 0 Å². The first-order chi connectivity index (χ1) is 9.36. The monoisotopic (exact) mass is 291 g/mol. The van der Waals surface area contributed by atoms with E-state index in [9.17, 15) is 13.2 Å². The highest BCUT2D eigenvalue weighted by Crippen LogP contribution is 2.29. The average Bonchev–Trinajstić information content (AvgIpc) is 2.81. The molecule has 1 aliphatic heterocycles. The van der Waals surface area contributed by atoms with Gasteiger partial charge in [-0.1, -0.05) is 23.8 Å². The Kier molecular flexibility index (Phi) is 3.90. The lowest BCUT2D eigenvalue weighted by Gasteiger charge is -2.21. The SMILES string of the molecule is [B]C1C=C(C(=O)OC)N(S(=O)(=O)c2ccc(C)cc2)C1. The number of carbonyl (C=O) groups is 1. The number of nitrogens with zero attached hydrogens (tertiary/aromatic N) is 1. The van der Waals surface area contributed by atoms with E-state index >= 15 is 0 Å². The van der Waals surface area contributed by atoms with E-state index in [0.717, 1.165) is 9.87 Å². The fourth-order valence-electron chi connectivity index (χ4n) is 1.97. The van der Waals surface area contributed by atoms with Crippen molar-refractivity contribution < 1.29 is 17.9 Å². The summed E-state index contributed by atoms with van der Waals surface area (Å²) in [6.45, 7) is 1.89. The minimum atomic E-state index is -3.81. The fraction of sp³-hybridized carbons (Fsp3) is 0.308. The minimum Gasteiger partial charge on any atom is -0.464 e. The number of benzene rings is 1. The second kappa shape index (κ2) is 5.32. The Morgan fingerprint density at radius 3 is 2.50 bits per heavy atom. The number of ether oxygens (including phenoxy) is 1. The van der Waals surface area contributed by atoms with Crippen LogP contribution in [0.4, 0.5) is 0 Å². The second-order valence-corrected chi connectivity index (χ2v) is 6.42. The van der Waals surface area contributed by atoms with E-state index in [0.29, 0.717) is 0 Å². The highest BCUT2D eigenvalue weighted by molar-refractivity contribution is 7.89. The Labute approximate surface area is 119 Å². The van der Waals surface area contributed by atoms with Gasteiger partial charge in [0.15, 0.2) is 0 Å². The molecule has 2 radical (unpaired) electrons. The number of carbonyl (C=O) groups excluding carboxylic acids is 1. The lowest BCUT2D eigenvalue weighted by atomic mass is 9.89. The molecule has 1 atom stereocenters. The number of rotatable bonds is 3. The van der Waals surface area contributed by atoms with Gasteiger partial charge in [0.25, 0.3) is 10.0 Å². The molecule has 20 heavy (non-hydrogen) atoms. The van der Waals surface area contributed by atoms with E-state index in [-0.39, 0.29) is 17.1 Å². The molecule has 1 heterocycles. The molecule has 1 aromatic rings. The maximum atomic E-state index is 12.5. The third kappa shape index (κ3) is 2.58. The Balaban J connectivity index is 2.41. The first-order valence-corrected chi connectivity index (χ1v) is 7.45. The van der Waals surface area contributed by atoms with Crippen LogP contribution in [-0.4, -0.2) is 40.2 Å². The molecule has 1 aliphatic rings. The topological polar surface area (TPSA) is 63.7 Å². The Morgan fingerprint density at radius 2 is 1.95 bits per heavy atom. The molecule has 2 rings (SSSR count). The molecule has 0 aliphatic carbocycles. The number of hydrogen-bond donors (Lipinski definition) is 0. The van der Waals surface area contributed by atoms with Gasteiger partial charge in [0, 0.05) is 6.54 Å². The third-order valence-corrected chi connectivity index (χ3v) is 4.81. The van der Waals surface area contributed by atoms with Crippen molar-refractivity contribution in [1.29, 1.82) is 0 Å². The van der Waals surface area contributed by atoms with Crippen LogP contribution in [-0.2, 0) is 19.6 Å². The van der Waals surface area contributed by atoms with Crippen molar-refractivity contribution >= 4 is 23.8 Å². The van der Waals surface area contributed by atoms with E-state index in [1.54, 1.807) is 12.1 Å². The maximum Gasteiger partial charge on any atom is 0.354 e. The predicted molar refractivity (Wildman–Crippen MR) is 74.7 cm³/mol. The molecule has 7 heteroatoms. The average molecular weight is 291 g/mol. The van der Waals surface area contributed by atoms with Gasteiger partial charge in [0.2, 0.25) is 0 Å². The summed E-state index contributed by atoms with van der Waals surface area (Å²) in [4.78, 5) is 11.8. The normalized spacial score (nSPS) is 18.8. The summed E-state index contributed by atoms with van der Waals surface area (Å²) in [6, 6.07) is 6.40. The predicted octanol–water partition coefficient (Wildman–Crippen LogP) is 1.01. The summed E-state index contributed by atoms with van der Waals surface area (Å²) in [7, 11) is 3.11. The molecule has 0 fully saturated rings. The molecule has 5 nitrogen and oxygen atoms in total. The van der Waals surface area contributed by atoms with E-state index < -0.39 is 21.8 Å². The smallest absolute Gasteiger partial charge is 0.354 e. The van der Waals surface area contributed by atoms with Crippen molar-refractivity contribution in [3.8, 4) is 0 Å². The fourth-order valence-corrected chi connectivity index (χ4v) is 3.47. The summed E-state index contributed by atoms with van der Waals surface area (Å²) in [6.07, 6.45) is 1.40. The van der Waals surface area contributed by atoms with Crippen molar-refractivity contribution in [3.05, 3.63) is 41.6 Å². The lowest BCUT2D eigenvalue weighted by molar-refractivity contribution is -0.137. The van der Waals surface area contributed by atoms with E-state index in [1.165, 1.54) is 25.3 Å². The molecule has 0 spiro atoms. The standard InChI is InChI=1S/C13H14BNO4S/c1-9-3-5-11(6-4-9)20(17,18)15-8-10(14)7-12(15)13(16)19-2/h3-7,10H,8H2,1-2H3. The van der Waals surface area contributed by atoms with E-state index in [2.05, 4.69) is 4.74 Å². The van der Waals surface area contributed by atoms with Crippen LogP contribution in [0.25, 0.3) is 0 Å². The Hall–Kier alpha value is -1.76. The molecule has 1 unspecified atom stereocenters. The van der Waals surface area contributed by atoms with Crippen LogP contribution in [0.1, 0.15) is 5.56 Å². The van der Waals surface area contributed by atoms with Crippen LogP contribution in [0.2, 0.25) is 5.82 Å². The van der Waals surface area contributed by atoms with Crippen molar-refractivity contribution in [2.24, 2.45) is 0 Å². The van der Waals surface area contributed by atoms with Gasteiger partial charge in [0.1, 0.15) is 5.70 Å². The number of hydrogen-bond acceptors (Lipinski definition) is 4. The largest absolute Gasteiger partial charge is 0.464 e. The van der Waals surface area contributed by atoms with Crippen molar-refractivity contribution in [1.82, 2.24) is 4.31 Å². The maximum absolute atomic E-state index is 12.5. The molecule has 0 saturated carbocycles. The zero-order valence-corrected chi connectivity index (χ0v) is 12.1. The van der Waals surface area contributed by atoms with Gasteiger partial charge in [-0.2, -0.15) is 0 Å². The molecule has 1 aromatic carbocycles. The molecule has 0 saturated heterocycles. The molecular formula is C13H14BNO4S. The van der Waals surface area contributed by atoms with Gasteiger partial charge in [0.05, 0.1) is 19.9 Å². The summed E-state index contributed by atoms with van der Waals surface area (Å²) in [5.74, 6) is -1.24. The van der Waals surface area contributed by atoms with Crippen LogP contribution in [0, 0.1) is 6.92 Å². The number of sulfonamides is 1. The minimum absolute atomic E-state index is 0.0284. The Morgan fingerprint density at radius 1 is 1.35 bits per heavy atom. The number of esters is 1. The van der Waals surface area contributed by atoms with Crippen molar-refractivity contribution in [2.45, 2.75) is 17.6 Å². The van der Waals surface area contributed by atoms with E-state index in [1.807, 2.05) is 6.92 Å². The Bertz CT molecular complexity index is 651. The summed E-state index contributed by atoms with van der Waals surface area (Å²) in [5, 5.41) is 0. The van der Waals surface area contributed by atoms with Gasteiger partial charge in [-0.25, -0.2) is 13.2 Å². The summed E-state index contributed by atoms with van der Waals surface area (Å²) >= 11 is 0. The first-order valence-electron chi connectivity index (χ1n) is 6.01. The molecular weight excluding hydrogens is 277 g/mol. The van der Waals surface area contributed by atoms with Gasteiger partial charge in [-0.3, -0.25) is 4.31 Å². The quantitative estimate of drug-likeness (QED) is 0.616. The van der Waals surface area contributed by atoms with Gasteiger partial charge >= 0.3 is 5.97 Å². The summed E-state index contributed by atoms with van der Waals surface area (Å²) in [5.41, 5.74) is 0.909. The van der Waals surface area contributed by atoms with Crippen LogP contribution in [0.15, 0.2) is 40.9 Å².